The fraction of sp³-hybridized carbons (Fsp3) is 0.333. The molecule has 0 atom stereocenters. The number of benzene rings is 2. The van der Waals surface area contributed by atoms with Gasteiger partial charge in [0, 0.05) is 24.2 Å². The van der Waals surface area contributed by atoms with Crippen molar-refractivity contribution < 1.29 is 9.53 Å². The van der Waals surface area contributed by atoms with Crippen LogP contribution in [-0.4, -0.2) is 28.1 Å². The summed E-state index contributed by atoms with van der Waals surface area (Å²) < 4.78 is 5.53. The Kier molecular flexibility index (Phi) is 4.58. The van der Waals surface area contributed by atoms with Crippen LogP contribution in [0.2, 0.25) is 0 Å². The van der Waals surface area contributed by atoms with E-state index < -0.39 is 5.60 Å². The van der Waals surface area contributed by atoms with Gasteiger partial charge >= 0.3 is 6.09 Å². The van der Waals surface area contributed by atoms with Gasteiger partial charge in [0.05, 0.1) is 5.52 Å². The number of hydrogen-bond acceptors (Lipinski definition) is 3. The molecule has 0 bridgehead atoms. The number of carbonyl (C=O) groups excluding carboxylic acids is 1. The molecule has 1 aromatic heterocycles. The van der Waals surface area contributed by atoms with Crippen molar-refractivity contribution >= 4 is 17.0 Å². The van der Waals surface area contributed by atoms with Gasteiger partial charge in [-0.1, -0.05) is 36.4 Å². The number of carbonyl (C=O) groups is 1. The van der Waals surface area contributed by atoms with E-state index in [1.807, 2.05) is 33.8 Å². The zero-order valence-electron chi connectivity index (χ0n) is 17.0. The predicted octanol–water partition coefficient (Wildman–Crippen LogP) is 5.50. The Morgan fingerprint density at radius 1 is 1.07 bits per heavy atom. The SMILES string of the molecule is Cc1cc(-c2ccc3c(c2)CCN(C(=O)OC(C)(C)C)C3)c2ccccc2n1. The summed E-state index contributed by atoms with van der Waals surface area (Å²) in [5, 5.41) is 1.17. The first-order valence-corrected chi connectivity index (χ1v) is 9.77. The molecule has 1 aliphatic heterocycles. The van der Waals surface area contributed by atoms with Crippen LogP contribution in [0.15, 0.2) is 48.5 Å². The van der Waals surface area contributed by atoms with Crippen LogP contribution >= 0.6 is 0 Å². The predicted molar refractivity (Wildman–Crippen MR) is 112 cm³/mol. The van der Waals surface area contributed by atoms with Gasteiger partial charge in [-0.2, -0.15) is 0 Å². The van der Waals surface area contributed by atoms with Crippen LogP contribution in [0.3, 0.4) is 0 Å². The minimum atomic E-state index is -0.471. The number of fused-ring (bicyclic) bond motifs is 2. The number of amides is 1. The summed E-state index contributed by atoms with van der Waals surface area (Å²) >= 11 is 0. The van der Waals surface area contributed by atoms with Crippen molar-refractivity contribution in [3.63, 3.8) is 0 Å². The lowest BCUT2D eigenvalue weighted by atomic mass is 9.93. The highest BCUT2D eigenvalue weighted by Gasteiger charge is 2.25. The van der Waals surface area contributed by atoms with Gasteiger partial charge in [0.15, 0.2) is 0 Å². The molecule has 2 aromatic carbocycles. The van der Waals surface area contributed by atoms with Gasteiger partial charge in [0.25, 0.3) is 0 Å². The maximum absolute atomic E-state index is 12.4. The van der Waals surface area contributed by atoms with E-state index >= 15 is 0 Å². The normalized spacial score (nSPS) is 14.1. The Morgan fingerprint density at radius 2 is 1.86 bits per heavy atom. The molecule has 0 saturated heterocycles. The molecule has 0 radical (unpaired) electrons. The average Bonchev–Trinajstić information content (AvgIpc) is 2.65. The average molecular weight is 374 g/mol. The molecule has 0 N–H and O–H groups in total. The van der Waals surface area contributed by atoms with Gasteiger partial charge < -0.3 is 9.64 Å². The minimum Gasteiger partial charge on any atom is -0.444 e. The monoisotopic (exact) mass is 374 g/mol. The summed E-state index contributed by atoms with van der Waals surface area (Å²) in [5.41, 5.74) is 6.47. The highest BCUT2D eigenvalue weighted by molar-refractivity contribution is 5.94. The Balaban J connectivity index is 1.65. The van der Waals surface area contributed by atoms with Crippen molar-refractivity contribution in [2.24, 2.45) is 0 Å². The van der Waals surface area contributed by atoms with Crippen LogP contribution in [0.25, 0.3) is 22.0 Å². The number of para-hydroxylation sites is 1. The molecule has 1 aliphatic rings. The molecule has 4 rings (SSSR count). The second-order valence-electron chi connectivity index (χ2n) is 8.46. The van der Waals surface area contributed by atoms with E-state index in [0.29, 0.717) is 13.1 Å². The van der Waals surface area contributed by atoms with Crippen LogP contribution in [0.4, 0.5) is 4.79 Å². The first kappa shape index (κ1) is 18.5. The van der Waals surface area contributed by atoms with Crippen molar-refractivity contribution in [2.45, 2.75) is 46.3 Å². The van der Waals surface area contributed by atoms with E-state index in [9.17, 15) is 4.79 Å². The topological polar surface area (TPSA) is 42.4 Å². The third-order valence-corrected chi connectivity index (χ3v) is 5.03. The summed E-state index contributed by atoms with van der Waals surface area (Å²) in [6.07, 6.45) is 0.600. The van der Waals surface area contributed by atoms with Crippen LogP contribution in [0.1, 0.15) is 37.6 Å². The minimum absolute atomic E-state index is 0.238. The molecule has 144 valence electrons. The molecule has 2 heterocycles. The zero-order valence-corrected chi connectivity index (χ0v) is 17.0. The third kappa shape index (κ3) is 3.72. The quantitative estimate of drug-likeness (QED) is 0.564. The number of rotatable bonds is 1. The Hall–Kier alpha value is -2.88. The molecule has 0 unspecified atom stereocenters. The lowest BCUT2D eigenvalue weighted by molar-refractivity contribution is 0.0224. The van der Waals surface area contributed by atoms with Gasteiger partial charge in [0.2, 0.25) is 0 Å². The molecular formula is C24H26N2O2. The molecule has 4 heteroatoms. The van der Waals surface area contributed by atoms with E-state index in [0.717, 1.165) is 17.6 Å². The van der Waals surface area contributed by atoms with Gasteiger partial charge in [-0.3, -0.25) is 4.98 Å². The van der Waals surface area contributed by atoms with Crippen molar-refractivity contribution in [1.29, 1.82) is 0 Å². The van der Waals surface area contributed by atoms with E-state index in [-0.39, 0.29) is 6.09 Å². The highest BCUT2D eigenvalue weighted by atomic mass is 16.6. The number of ether oxygens (including phenoxy) is 1. The first-order valence-electron chi connectivity index (χ1n) is 9.77. The molecule has 0 spiro atoms. The largest absolute Gasteiger partial charge is 0.444 e. The zero-order chi connectivity index (χ0) is 19.9. The second kappa shape index (κ2) is 6.93. The molecule has 28 heavy (non-hydrogen) atoms. The van der Waals surface area contributed by atoms with E-state index in [1.54, 1.807) is 4.90 Å². The van der Waals surface area contributed by atoms with Crippen LogP contribution in [0.5, 0.6) is 0 Å². The molecule has 1 amide bonds. The maximum Gasteiger partial charge on any atom is 0.410 e. The molecule has 4 nitrogen and oxygen atoms in total. The van der Waals surface area contributed by atoms with Gasteiger partial charge in [0.1, 0.15) is 5.60 Å². The number of hydrogen-bond donors (Lipinski definition) is 0. The molecule has 3 aromatic rings. The smallest absolute Gasteiger partial charge is 0.410 e. The van der Waals surface area contributed by atoms with Crippen molar-refractivity contribution in [3.05, 3.63) is 65.4 Å². The van der Waals surface area contributed by atoms with Crippen molar-refractivity contribution in [2.75, 3.05) is 6.54 Å². The summed E-state index contributed by atoms with van der Waals surface area (Å²) in [6, 6.07) is 17.0. The molecule has 0 aliphatic carbocycles. The van der Waals surface area contributed by atoms with Gasteiger partial charge in [-0.15, -0.1) is 0 Å². The van der Waals surface area contributed by atoms with Crippen molar-refractivity contribution in [1.82, 2.24) is 9.88 Å². The Labute approximate surface area is 166 Å². The number of nitrogens with zero attached hydrogens (tertiary/aromatic N) is 2. The summed E-state index contributed by atoms with van der Waals surface area (Å²) in [4.78, 5) is 18.8. The molecule has 0 saturated carbocycles. The molecular weight excluding hydrogens is 348 g/mol. The third-order valence-electron chi connectivity index (χ3n) is 5.03. The lowest BCUT2D eigenvalue weighted by Crippen LogP contribution is -2.39. The van der Waals surface area contributed by atoms with Crippen LogP contribution < -0.4 is 0 Å². The van der Waals surface area contributed by atoms with Gasteiger partial charge in [-0.25, -0.2) is 4.79 Å². The van der Waals surface area contributed by atoms with Crippen LogP contribution in [-0.2, 0) is 17.7 Å². The van der Waals surface area contributed by atoms with Gasteiger partial charge in [-0.05, 0) is 68.5 Å². The summed E-state index contributed by atoms with van der Waals surface area (Å²) in [7, 11) is 0. The standard InChI is InChI=1S/C24H26N2O2/c1-16-13-21(20-7-5-6-8-22(20)25-16)18-9-10-19-15-26(12-11-17(19)14-18)23(27)28-24(2,3)4/h5-10,13-14H,11-12,15H2,1-4H3. The number of aryl methyl sites for hydroxylation is 1. The Morgan fingerprint density at radius 3 is 2.64 bits per heavy atom. The summed E-state index contributed by atoms with van der Waals surface area (Å²) in [6.45, 7) is 9.01. The molecule has 0 fully saturated rings. The second-order valence-corrected chi connectivity index (χ2v) is 8.46. The first-order chi connectivity index (χ1) is 13.3. The lowest BCUT2D eigenvalue weighted by Gasteiger charge is -2.31. The van der Waals surface area contributed by atoms with E-state index in [4.69, 9.17) is 4.74 Å². The van der Waals surface area contributed by atoms with Crippen LogP contribution in [0, 0.1) is 6.92 Å². The van der Waals surface area contributed by atoms with E-state index in [2.05, 4.69) is 47.4 Å². The van der Waals surface area contributed by atoms with E-state index in [1.165, 1.54) is 27.6 Å². The fourth-order valence-electron chi connectivity index (χ4n) is 3.75. The summed E-state index contributed by atoms with van der Waals surface area (Å²) in [5.74, 6) is 0. The number of pyridine rings is 1. The Bertz CT molecular complexity index is 1050. The highest BCUT2D eigenvalue weighted by Crippen LogP contribution is 2.31. The van der Waals surface area contributed by atoms with Crippen molar-refractivity contribution in [3.8, 4) is 11.1 Å². The fourth-order valence-corrected chi connectivity index (χ4v) is 3.75. The number of aromatic nitrogens is 1. The maximum atomic E-state index is 12.4.